The molecule has 0 aromatic carbocycles. The standard InChI is InChI=1S/C17H31N5O3/c1-5-18-15(20-9-8-19-14(23)12-6-7-12)21-13-10-22(11-13)16(24)25-17(2,3)4/h12-13H,5-11H2,1-4H3,(H,19,23)(H2,18,20,21). The molecule has 1 saturated carbocycles. The summed E-state index contributed by atoms with van der Waals surface area (Å²) in [5.41, 5.74) is -0.475. The molecule has 2 amide bonds. The van der Waals surface area contributed by atoms with Gasteiger partial charge in [-0.25, -0.2) is 4.79 Å². The zero-order valence-corrected chi connectivity index (χ0v) is 15.7. The average molecular weight is 353 g/mol. The summed E-state index contributed by atoms with van der Waals surface area (Å²) in [5, 5.41) is 9.38. The Labute approximate surface area is 149 Å². The number of aliphatic imine (C=N–C) groups is 1. The van der Waals surface area contributed by atoms with E-state index in [1.54, 1.807) is 4.90 Å². The zero-order chi connectivity index (χ0) is 18.4. The maximum absolute atomic E-state index is 11.9. The number of carbonyl (C=O) groups is 2. The van der Waals surface area contributed by atoms with Crippen molar-refractivity contribution >= 4 is 18.0 Å². The van der Waals surface area contributed by atoms with Gasteiger partial charge in [-0.1, -0.05) is 0 Å². The number of rotatable bonds is 6. The van der Waals surface area contributed by atoms with Crippen LogP contribution >= 0.6 is 0 Å². The van der Waals surface area contributed by atoms with E-state index in [0.717, 1.165) is 19.4 Å². The van der Waals surface area contributed by atoms with E-state index >= 15 is 0 Å². The van der Waals surface area contributed by atoms with E-state index in [9.17, 15) is 9.59 Å². The molecule has 0 radical (unpaired) electrons. The molecule has 0 aromatic heterocycles. The van der Waals surface area contributed by atoms with Crippen molar-refractivity contribution in [3.8, 4) is 0 Å². The topological polar surface area (TPSA) is 95.1 Å². The van der Waals surface area contributed by atoms with Crippen LogP contribution in [0.2, 0.25) is 0 Å². The second-order valence-corrected chi connectivity index (χ2v) is 7.55. The van der Waals surface area contributed by atoms with Crippen LogP contribution in [0, 0.1) is 5.92 Å². The molecule has 25 heavy (non-hydrogen) atoms. The Kier molecular flexibility index (Phi) is 6.50. The molecule has 1 heterocycles. The van der Waals surface area contributed by atoms with Gasteiger partial charge in [0, 0.05) is 32.1 Å². The average Bonchev–Trinajstić information content (AvgIpc) is 3.28. The molecule has 0 spiro atoms. The van der Waals surface area contributed by atoms with Gasteiger partial charge in [0.25, 0.3) is 0 Å². The molecular formula is C17H31N5O3. The molecule has 0 bridgehead atoms. The minimum atomic E-state index is -0.475. The predicted octanol–water partition coefficient (Wildman–Crippen LogP) is 0.687. The van der Waals surface area contributed by atoms with Crippen LogP contribution in [0.15, 0.2) is 4.99 Å². The molecule has 142 valence electrons. The fourth-order valence-corrected chi connectivity index (χ4v) is 2.40. The number of guanidine groups is 1. The molecule has 2 fully saturated rings. The first-order valence-electron chi connectivity index (χ1n) is 9.09. The normalized spacial score (nSPS) is 18.4. The lowest BCUT2D eigenvalue weighted by Crippen LogP contribution is -2.63. The van der Waals surface area contributed by atoms with Crippen molar-refractivity contribution < 1.29 is 14.3 Å². The van der Waals surface area contributed by atoms with Gasteiger partial charge in [-0.2, -0.15) is 0 Å². The summed E-state index contributed by atoms with van der Waals surface area (Å²) in [7, 11) is 0. The van der Waals surface area contributed by atoms with Gasteiger partial charge in [-0.15, -0.1) is 0 Å². The van der Waals surface area contributed by atoms with Gasteiger partial charge in [-0.05, 0) is 40.5 Å². The fraction of sp³-hybridized carbons (Fsp3) is 0.824. The molecule has 1 aliphatic heterocycles. The SMILES string of the molecule is CCNC(=NCCNC(=O)C1CC1)NC1CN(C(=O)OC(C)(C)C)C1. The lowest BCUT2D eigenvalue weighted by Gasteiger charge is -2.40. The second-order valence-electron chi connectivity index (χ2n) is 7.55. The van der Waals surface area contributed by atoms with Crippen LogP contribution in [0.25, 0.3) is 0 Å². The zero-order valence-electron chi connectivity index (χ0n) is 15.7. The van der Waals surface area contributed by atoms with Gasteiger partial charge >= 0.3 is 6.09 Å². The third kappa shape index (κ3) is 6.80. The molecule has 0 atom stereocenters. The maximum Gasteiger partial charge on any atom is 0.410 e. The Morgan fingerprint density at radius 2 is 1.88 bits per heavy atom. The molecule has 2 aliphatic rings. The van der Waals surface area contributed by atoms with E-state index in [1.807, 2.05) is 27.7 Å². The third-order valence-corrected chi connectivity index (χ3v) is 3.85. The first-order valence-corrected chi connectivity index (χ1v) is 9.09. The van der Waals surface area contributed by atoms with E-state index in [-0.39, 0.29) is 24.0 Å². The van der Waals surface area contributed by atoms with Crippen molar-refractivity contribution in [2.75, 3.05) is 32.7 Å². The molecule has 8 heteroatoms. The predicted molar refractivity (Wildman–Crippen MR) is 96.4 cm³/mol. The molecular weight excluding hydrogens is 322 g/mol. The van der Waals surface area contributed by atoms with Gasteiger partial charge in [0.15, 0.2) is 5.96 Å². The lowest BCUT2D eigenvalue weighted by atomic mass is 10.1. The highest BCUT2D eigenvalue weighted by atomic mass is 16.6. The minimum absolute atomic E-state index is 0.139. The molecule has 8 nitrogen and oxygen atoms in total. The number of likely N-dealkylation sites (tertiary alicyclic amines) is 1. The van der Waals surface area contributed by atoms with Crippen molar-refractivity contribution in [2.45, 2.75) is 52.2 Å². The molecule has 1 aliphatic carbocycles. The van der Waals surface area contributed by atoms with Crippen LogP contribution in [0.3, 0.4) is 0 Å². The van der Waals surface area contributed by atoms with Crippen LogP contribution in [0.4, 0.5) is 4.79 Å². The van der Waals surface area contributed by atoms with Crippen molar-refractivity contribution in [3.05, 3.63) is 0 Å². The molecule has 2 rings (SSSR count). The number of carbonyl (C=O) groups excluding carboxylic acids is 2. The first-order chi connectivity index (χ1) is 11.8. The van der Waals surface area contributed by atoms with E-state index in [4.69, 9.17) is 4.74 Å². The number of hydrogen-bond acceptors (Lipinski definition) is 4. The van der Waals surface area contributed by atoms with Gasteiger partial charge in [0.1, 0.15) is 5.60 Å². The third-order valence-electron chi connectivity index (χ3n) is 3.85. The lowest BCUT2D eigenvalue weighted by molar-refractivity contribution is -0.122. The molecule has 0 aromatic rings. The number of amides is 2. The number of hydrogen-bond donors (Lipinski definition) is 3. The summed E-state index contributed by atoms with van der Waals surface area (Å²) >= 11 is 0. The Bertz CT molecular complexity index is 505. The smallest absolute Gasteiger partial charge is 0.410 e. The van der Waals surface area contributed by atoms with Crippen LogP contribution in [0.5, 0.6) is 0 Å². The summed E-state index contributed by atoms with van der Waals surface area (Å²) < 4.78 is 5.34. The van der Waals surface area contributed by atoms with E-state index < -0.39 is 5.60 Å². The number of nitrogens with zero attached hydrogens (tertiary/aromatic N) is 2. The summed E-state index contributed by atoms with van der Waals surface area (Å²) in [6.45, 7) is 10.6. The second kappa shape index (κ2) is 8.40. The quantitative estimate of drug-likeness (QED) is 0.371. The van der Waals surface area contributed by atoms with Gasteiger partial charge < -0.3 is 25.6 Å². The van der Waals surface area contributed by atoms with Gasteiger partial charge in [0.2, 0.25) is 5.91 Å². The highest BCUT2D eigenvalue weighted by Gasteiger charge is 2.34. The van der Waals surface area contributed by atoms with Crippen molar-refractivity contribution in [1.82, 2.24) is 20.9 Å². The Morgan fingerprint density at radius 3 is 2.44 bits per heavy atom. The summed E-state index contributed by atoms with van der Waals surface area (Å²) in [6, 6.07) is 0.159. The van der Waals surface area contributed by atoms with E-state index in [1.165, 1.54) is 0 Å². The Hall–Kier alpha value is -1.99. The number of ether oxygens (including phenoxy) is 1. The highest BCUT2D eigenvalue weighted by molar-refractivity contribution is 5.81. The summed E-state index contributed by atoms with van der Waals surface area (Å²) in [4.78, 5) is 29.6. The van der Waals surface area contributed by atoms with Crippen molar-refractivity contribution in [2.24, 2.45) is 10.9 Å². The van der Waals surface area contributed by atoms with Crippen molar-refractivity contribution in [1.29, 1.82) is 0 Å². The van der Waals surface area contributed by atoms with Gasteiger partial charge in [-0.3, -0.25) is 9.79 Å². The molecule has 3 N–H and O–H groups in total. The van der Waals surface area contributed by atoms with Crippen LogP contribution in [-0.4, -0.2) is 67.2 Å². The van der Waals surface area contributed by atoms with Crippen LogP contribution in [0.1, 0.15) is 40.5 Å². The largest absolute Gasteiger partial charge is 0.444 e. The first kappa shape index (κ1) is 19.3. The molecule has 1 saturated heterocycles. The summed E-state index contributed by atoms with van der Waals surface area (Å²) in [6.07, 6.45) is 1.74. The summed E-state index contributed by atoms with van der Waals surface area (Å²) in [5.74, 6) is 1.07. The number of nitrogens with one attached hydrogen (secondary N) is 3. The monoisotopic (exact) mass is 353 g/mol. The minimum Gasteiger partial charge on any atom is -0.444 e. The van der Waals surface area contributed by atoms with Crippen LogP contribution in [-0.2, 0) is 9.53 Å². The Balaban J connectivity index is 1.68. The van der Waals surface area contributed by atoms with Crippen LogP contribution < -0.4 is 16.0 Å². The van der Waals surface area contributed by atoms with Crippen molar-refractivity contribution in [3.63, 3.8) is 0 Å². The van der Waals surface area contributed by atoms with E-state index in [0.29, 0.717) is 32.1 Å². The Morgan fingerprint density at radius 1 is 1.20 bits per heavy atom. The maximum atomic E-state index is 11.9. The van der Waals surface area contributed by atoms with Gasteiger partial charge in [0.05, 0.1) is 12.6 Å². The molecule has 0 unspecified atom stereocenters. The fourth-order valence-electron chi connectivity index (χ4n) is 2.40. The highest BCUT2D eigenvalue weighted by Crippen LogP contribution is 2.28. The van der Waals surface area contributed by atoms with E-state index in [2.05, 4.69) is 20.9 Å².